The number of amides is 1. The number of hydrogen-bond acceptors (Lipinski definition) is 4. The highest BCUT2D eigenvalue weighted by atomic mass is 127. The minimum Gasteiger partial charge on any atom is -0.507 e. The summed E-state index contributed by atoms with van der Waals surface area (Å²) in [6.45, 7) is 0. The summed E-state index contributed by atoms with van der Waals surface area (Å²) in [7, 11) is 0. The third-order valence-corrected chi connectivity index (χ3v) is 4.01. The van der Waals surface area contributed by atoms with Gasteiger partial charge in [0.25, 0.3) is 5.91 Å². The van der Waals surface area contributed by atoms with Gasteiger partial charge in [0.05, 0.1) is 9.09 Å². The first kappa shape index (κ1) is 14.5. The van der Waals surface area contributed by atoms with Gasteiger partial charge >= 0.3 is 0 Å². The van der Waals surface area contributed by atoms with Crippen molar-refractivity contribution in [2.75, 3.05) is 0 Å². The highest BCUT2D eigenvalue weighted by Crippen LogP contribution is 2.35. The summed E-state index contributed by atoms with van der Waals surface area (Å²) in [4.78, 5) is 14.7. The minimum absolute atomic E-state index is 0.0107. The second-order valence-electron chi connectivity index (χ2n) is 4.54. The molecule has 2 aromatic carbocycles. The molecule has 0 aliphatic heterocycles. The van der Waals surface area contributed by atoms with E-state index in [0.29, 0.717) is 14.5 Å². The fourth-order valence-corrected chi connectivity index (χ4v) is 2.35. The number of aromatic nitrogens is 1. The van der Waals surface area contributed by atoms with Gasteiger partial charge in [-0.1, -0.05) is 18.2 Å². The van der Waals surface area contributed by atoms with E-state index in [1.807, 2.05) is 28.7 Å². The number of azo groups is 1. The number of aromatic hydroxyl groups is 2. The molecule has 3 N–H and O–H groups in total. The smallest absolute Gasteiger partial charge is 0.295 e. The standard InChI is InChI=1S/C15H10IN3O3/c16-10-6-5-8(7-12(10)20)14(21)19-18-13-9-3-1-2-4-11(9)17-15(13)22/h1-7,17,20,22H. The highest BCUT2D eigenvalue weighted by molar-refractivity contribution is 14.1. The van der Waals surface area contributed by atoms with Gasteiger partial charge in [0, 0.05) is 10.9 Å². The van der Waals surface area contributed by atoms with Gasteiger partial charge in [-0.2, -0.15) is 0 Å². The van der Waals surface area contributed by atoms with E-state index >= 15 is 0 Å². The minimum atomic E-state index is -0.601. The lowest BCUT2D eigenvalue weighted by Gasteiger charge is -1.98. The normalized spacial score (nSPS) is 11.3. The number of rotatable bonds is 2. The number of hydrogen-bond donors (Lipinski definition) is 3. The summed E-state index contributed by atoms with van der Waals surface area (Å²) in [5, 5.41) is 27.6. The molecule has 0 bridgehead atoms. The van der Waals surface area contributed by atoms with Crippen LogP contribution in [-0.4, -0.2) is 21.1 Å². The van der Waals surface area contributed by atoms with E-state index in [1.165, 1.54) is 6.07 Å². The number of phenols is 1. The molecule has 3 rings (SSSR count). The Morgan fingerprint density at radius 1 is 1.14 bits per heavy atom. The van der Waals surface area contributed by atoms with Gasteiger partial charge < -0.3 is 15.2 Å². The predicted octanol–water partition coefficient (Wildman–Crippen LogP) is 4.11. The van der Waals surface area contributed by atoms with Crippen LogP contribution in [0.1, 0.15) is 10.4 Å². The van der Waals surface area contributed by atoms with Gasteiger partial charge in [0.1, 0.15) is 5.75 Å². The van der Waals surface area contributed by atoms with Crippen LogP contribution >= 0.6 is 22.6 Å². The largest absolute Gasteiger partial charge is 0.507 e. The summed E-state index contributed by atoms with van der Waals surface area (Å²) < 4.78 is 0.639. The maximum atomic E-state index is 12.0. The highest BCUT2D eigenvalue weighted by Gasteiger charge is 2.11. The molecule has 1 aromatic heterocycles. The average Bonchev–Trinajstić information content (AvgIpc) is 2.83. The van der Waals surface area contributed by atoms with Crippen molar-refractivity contribution in [2.24, 2.45) is 10.2 Å². The van der Waals surface area contributed by atoms with Crippen molar-refractivity contribution < 1.29 is 15.0 Å². The number of carbonyl (C=O) groups is 1. The van der Waals surface area contributed by atoms with Crippen LogP contribution in [0.25, 0.3) is 10.9 Å². The van der Waals surface area contributed by atoms with E-state index in [0.717, 1.165) is 0 Å². The molecule has 110 valence electrons. The number of benzene rings is 2. The van der Waals surface area contributed by atoms with Crippen LogP contribution in [-0.2, 0) is 0 Å². The maximum absolute atomic E-state index is 12.0. The van der Waals surface area contributed by atoms with E-state index in [4.69, 9.17) is 0 Å². The van der Waals surface area contributed by atoms with Crippen LogP contribution in [0.4, 0.5) is 5.69 Å². The van der Waals surface area contributed by atoms with Crippen LogP contribution in [0.5, 0.6) is 11.6 Å². The topological polar surface area (TPSA) is 98.0 Å². The van der Waals surface area contributed by atoms with Crippen molar-refractivity contribution in [1.29, 1.82) is 0 Å². The fourth-order valence-electron chi connectivity index (χ4n) is 2.01. The van der Waals surface area contributed by atoms with Crippen molar-refractivity contribution in [3.8, 4) is 11.6 Å². The van der Waals surface area contributed by atoms with Gasteiger partial charge in [-0.05, 0) is 46.9 Å². The Morgan fingerprint density at radius 3 is 2.68 bits per heavy atom. The number of carbonyl (C=O) groups excluding carboxylic acids is 1. The van der Waals surface area contributed by atoms with E-state index in [1.54, 1.807) is 30.3 Å². The zero-order valence-corrected chi connectivity index (χ0v) is 13.3. The Labute approximate surface area is 138 Å². The molecule has 3 aromatic rings. The molecule has 0 radical (unpaired) electrons. The molecule has 0 unspecified atom stereocenters. The van der Waals surface area contributed by atoms with Crippen molar-refractivity contribution in [1.82, 2.24) is 4.98 Å². The summed E-state index contributed by atoms with van der Waals surface area (Å²) in [5.74, 6) is -0.740. The number of para-hydroxylation sites is 1. The monoisotopic (exact) mass is 407 g/mol. The van der Waals surface area contributed by atoms with E-state index in [2.05, 4.69) is 15.2 Å². The summed E-state index contributed by atoms with van der Waals surface area (Å²) in [5.41, 5.74) is 1.13. The molecule has 0 saturated carbocycles. The number of halogens is 1. The van der Waals surface area contributed by atoms with Crippen molar-refractivity contribution in [2.45, 2.75) is 0 Å². The summed E-state index contributed by atoms with van der Waals surface area (Å²) >= 11 is 1.96. The number of nitrogens with one attached hydrogen (secondary N) is 1. The Bertz CT molecular complexity index is 902. The molecule has 0 aliphatic carbocycles. The lowest BCUT2D eigenvalue weighted by atomic mass is 10.2. The first-order valence-electron chi connectivity index (χ1n) is 6.30. The Morgan fingerprint density at radius 2 is 1.91 bits per heavy atom. The lowest BCUT2D eigenvalue weighted by molar-refractivity contribution is 0.0994. The van der Waals surface area contributed by atoms with Crippen LogP contribution in [0, 0.1) is 3.57 Å². The van der Waals surface area contributed by atoms with Gasteiger partial charge in [-0.15, -0.1) is 10.2 Å². The van der Waals surface area contributed by atoms with E-state index in [9.17, 15) is 15.0 Å². The maximum Gasteiger partial charge on any atom is 0.295 e. The van der Waals surface area contributed by atoms with Gasteiger partial charge in [0.15, 0.2) is 5.69 Å². The predicted molar refractivity (Wildman–Crippen MR) is 89.6 cm³/mol. The SMILES string of the molecule is O=C(N=Nc1c(O)[nH]c2ccccc12)c1ccc(I)c(O)c1. The first-order valence-corrected chi connectivity index (χ1v) is 7.38. The number of phenolic OH excluding ortho intramolecular Hbond substituents is 1. The third-order valence-electron chi connectivity index (χ3n) is 3.09. The molecule has 0 aliphatic rings. The van der Waals surface area contributed by atoms with E-state index < -0.39 is 5.91 Å². The fraction of sp³-hybridized carbons (Fsp3) is 0. The summed E-state index contributed by atoms with van der Waals surface area (Å²) in [6.07, 6.45) is 0. The molecule has 7 heteroatoms. The molecular weight excluding hydrogens is 397 g/mol. The lowest BCUT2D eigenvalue weighted by Crippen LogP contribution is -1.93. The Balaban J connectivity index is 1.94. The first-order chi connectivity index (χ1) is 10.6. The number of aromatic amines is 1. The summed E-state index contributed by atoms with van der Waals surface area (Å²) in [6, 6.07) is 11.7. The second-order valence-corrected chi connectivity index (χ2v) is 5.70. The molecule has 1 heterocycles. The third kappa shape index (κ3) is 2.67. The molecule has 0 saturated heterocycles. The number of nitrogens with zero attached hydrogens (tertiary/aromatic N) is 2. The van der Waals surface area contributed by atoms with Gasteiger partial charge in [0.2, 0.25) is 5.88 Å². The second kappa shape index (κ2) is 5.76. The molecule has 1 amide bonds. The van der Waals surface area contributed by atoms with Crippen molar-refractivity contribution in [3.05, 3.63) is 51.6 Å². The molecule has 0 spiro atoms. The zero-order chi connectivity index (χ0) is 15.7. The van der Waals surface area contributed by atoms with Crippen LogP contribution in [0.3, 0.4) is 0 Å². The van der Waals surface area contributed by atoms with Crippen molar-refractivity contribution >= 4 is 45.1 Å². The van der Waals surface area contributed by atoms with Gasteiger partial charge in [-0.25, -0.2) is 0 Å². The average molecular weight is 407 g/mol. The quantitative estimate of drug-likeness (QED) is 0.441. The van der Waals surface area contributed by atoms with Crippen LogP contribution in [0.2, 0.25) is 0 Å². The number of H-pyrrole nitrogens is 1. The Kier molecular flexibility index (Phi) is 3.80. The van der Waals surface area contributed by atoms with Crippen LogP contribution in [0.15, 0.2) is 52.7 Å². The van der Waals surface area contributed by atoms with Crippen molar-refractivity contribution in [3.63, 3.8) is 0 Å². The Hall–Kier alpha value is -2.42. The zero-order valence-electron chi connectivity index (χ0n) is 11.1. The number of fused-ring (bicyclic) bond motifs is 1. The molecule has 0 atom stereocenters. The van der Waals surface area contributed by atoms with E-state index in [-0.39, 0.29) is 22.9 Å². The molecule has 0 fully saturated rings. The molecular formula is C15H10IN3O3. The van der Waals surface area contributed by atoms with Crippen LogP contribution < -0.4 is 0 Å². The molecule has 6 nitrogen and oxygen atoms in total. The molecule has 22 heavy (non-hydrogen) atoms. The van der Waals surface area contributed by atoms with Gasteiger partial charge in [-0.3, -0.25) is 4.79 Å².